The van der Waals surface area contributed by atoms with Gasteiger partial charge in [0.2, 0.25) is 5.91 Å². The Balaban J connectivity index is 1.88. The van der Waals surface area contributed by atoms with Crippen LogP contribution in [0.25, 0.3) is 0 Å². The number of rotatable bonds is 22. The highest BCUT2D eigenvalue weighted by Crippen LogP contribution is 2.24. The van der Waals surface area contributed by atoms with E-state index in [1.54, 1.807) is 12.1 Å². The molecule has 1 aromatic rings. The van der Waals surface area contributed by atoms with Crippen LogP contribution < -0.4 is 5.32 Å². The number of carbonyl (C=O) groups excluding carboxylic acids is 1. The lowest BCUT2D eigenvalue weighted by Crippen LogP contribution is -2.60. The van der Waals surface area contributed by atoms with E-state index in [0.29, 0.717) is 28.5 Å². The zero-order valence-electron chi connectivity index (χ0n) is 25.8. The van der Waals surface area contributed by atoms with E-state index < -0.39 is 68.1 Å². The Morgan fingerprint density at radius 3 is 2.07 bits per heavy atom. The highest BCUT2D eigenvalue weighted by atomic mass is 35.5. The average molecular weight is 667 g/mol. The number of amides is 1. The first-order valence-corrected chi connectivity index (χ1v) is 16.9. The molecular formula is C32H53Cl2NO9. The molecule has 1 heterocycles. The summed E-state index contributed by atoms with van der Waals surface area (Å²) in [4.78, 5) is 12.9. The summed E-state index contributed by atoms with van der Waals surface area (Å²) in [5.74, 6) is -0.506. The zero-order chi connectivity index (χ0) is 32.5. The summed E-state index contributed by atoms with van der Waals surface area (Å²) in [6, 6.07) is 3.61. The van der Waals surface area contributed by atoms with E-state index in [9.17, 15) is 35.4 Å². The van der Waals surface area contributed by atoms with Crippen molar-refractivity contribution in [3.05, 3.63) is 33.8 Å². The molecule has 1 aliphatic heterocycles. The molecule has 7 N–H and O–H groups in total. The Bertz CT molecular complexity index is 941. The van der Waals surface area contributed by atoms with E-state index in [4.69, 9.17) is 32.7 Å². The molecule has 1 saturated heterocycles. The molecule has 2 rings (SSSR count). The fourth-order valence-electron chi connectivity index (χ4n) is 5.36. The van der Waals surface area contributed by atoms with E-state index in [1.807, 2.05) is 0 Å². The van der Waals surface area contributed by atoms with Crippen LogP contribution >= 0.6 is 23.2 Å². The number of benzene rings is 1. The van der Waals surface area contributed by atoms with Crippen LogP contribution in [0.1, 0.15) is 96.0 Å². The quantitative estimate of drug-likeness (QED) is 0.0914. The minimum Gasteiger partial charge on any atom is -0.394 e. The first-order chi connectivity index (χ1) is 21.1. The molecule has 0 bridgehead atoms. The average Bonchev–Trinajstić information content (AvgIpc) is 3.00. The molecule has 0 aromatic heterocycles. The van der Waals surface area contributed by atoms with E-state index in [1.165, 1.54) is 57.4 Å². The minimum absolute atomic E-state index is 0.131. The van der Waals surface area contributed by atoms with E-state index in [-0.39, 0.29) is 6.42 Å². The molecule has 2 unspecified atom stereocenters. The van der Waals surface area contributed by atoms with Gasteiger partial charge >= 0.3 is 0 Å². The number of halogens is 2. The van der Waals surface area contributed by atoms with Crippen molar-refractivity contribution in [3.8, 4) is 0 Å². The topological polar surface area (TPSA) is 169 Å². The fraction of sp³-hybridized carbons (Fsp3) is 0.781. The number of hydrogen-bond donors (Lipinski definition) is 7. The molecule has 44 heavy (non-hydrogen) atoms. The summed E-state index contributed by atoms with van der Waals surface area (Å²) >= 11 is 12.2. The van der Waals surface area contributed by atoms with Gasteiger partial charge in [0.1, 0.15) is 30.5 Å². The van der Waals surface area contributed by atoms with Gasteiger partial charge in [0.25, 0.3) is 0 Å². The third-order valence-corrected chi connectivity index (χ3v) is 8.75. The predicted molar refractivity (Wildman–Crippen MR) is 170 cm³/mol. The van der Waals surface area contributed by atoms with Crippen LogP contribution in [0.5, 0.6) is 0 Å². The van der Waals surface area contributed by atoms with Crippen molar-refractivity contribution in [2.24, 2.45) is 0 Å². The van der Waals surface area contributed by atoms with Gasteiger partial charge in [-0.2, -0.15) is 0 Å². The number of aliphatic hydroxyl groups excluding tert-OH is 6. The SMILES string of the molecule is CCCCCCCCCCCCCC[C@@H](O)[C@@H](O)[C@H](CO[C@H]1OC(CO)[C@H](O)[C@H](O)C1O)NC(=O)Cc1ccc(Cl)cc1Cl. The van der Waals surface area contributed by atoms with Gasteiger partial charge in [-0.15, -0.1) is 0 Å². The summed E-state index contributed by atoms with van der Waals surface area (Å²) < 4.78 is 11.0. The van der Waals surface area contributed by atoms with Gasteiger partial charge in [-0.05, 0) is 24.1 Å². The maximum atomic E-state index is 12.9. The summed E-state index contributed by atoms with van der Waals surface area (Å²) in [6.45, 7) is 1.19. The molecule has 0 saturated carbocycles. The Hall–Kier alpha value is -1.05. The number of unbranched alkanes of at least 4 members (excludes halogenated alkanes) is 11. The zero-order valence-corrected chi connectivity index (χ0v) is 27.3. The number of hydrogen-bond acceptors (Lipinski definition) is 9. The van der Waals surface area contributed by atoms with Crippen LogP contribution in [0.2, 0.25) is 10.0 Å². The van der Waals surface area contributed by atoms with Crippen LogP contribution in [-0.2, 0) is 20.7 Å². The lowest BCUT2D eigenvalue weighted by atomic mass is 9.98. The maximum Gasteiger partial charge on any atom is 0.224 e. The molecule has 254 valence electrons. The monoisotopic (exact) mass is 665 g/mol. The standard InChI is InChI=1S/C32H53Cl2NO9/c1-2-3-4-5-6-7-8-9-10-11-12-13-14-25(37)28(39)24(35-27(38)17-21-15-16-22(33)18-23(21)34)20-43-32-31(42)30(41)29(40)26(19-36)44-32/h15-16,18,24-26,28-32,36-37,39-42H,2-14,17,19-20H2,1H3,(H,35,38)/t24-,25+,26?,28-,29-,30-,31?,32-/m0/s1. The van der Waals surface area contributed by atoms with Gasteiger partial charge in [-0.25, -0.2) is 0 Å². The normalized spacial score (nSPS) is 24.2. The van der Waals surface area contributed by atoms with Crippen LogP contribution in [-0.4, -0.2) is 98.7 Å². The molecule has 1 amide bonds. The van der Waals surface area contributed by atoms with Crippen LogP contribution in [0, 0.1) is 0 Å². The maximum absolute atomic E-state index is 12.9. The van der Waals surface area contributed by atoms with E-state index in [2.05, 4.69) is 12.2 Å². The Kier molecular flexibility index (Phi) is 19.3. The van der Waals surface area contributed by atoms with E-state index >= 15 is 0 Å². The molecule has 1 fully saturated rings. The Morgan fingerprint density at radius 1 is 0.909 bits per heavy atom. The number of aliphatic hydroxyl groups is 6. The molecule has 12 heteroatoms. The molecule has 1 aliphatic rings. The minimum atomic E-state index is -1.65. The molecule has 0 aliphatic carbocycles. The summed E-state index contributed by atoms with van der Waals surface area (Å²) in [5.41, 5.74) is 0.508. The van der Waals surface area contributed by atoms with Crippen molar-refractivity contribution in [2.75, 3.05) is 13.2 Å². The van der Waals surface area contributed by atoms with Crippen molar-refractivity contribution in [1.82, 2.24) is 5.32 Å². The molecular weight excluding hydrogens is 613 g/mol. The largest absolute Gasteiger partial charge is 0.394 e. The second kappa shape index (κ2) is 21.7. The van der Waals surface area contributed by atoms with Crippen molar-refractivity contribution in [2.45, 2.75) is 146 Å². The highest BCUT2D eigenvalue weighted by Gasteiger charge is 2.44. The second-order valence-corrected chi connectivity index (χ2v) is 12.7. The molecule has 0 radical (unpaired) electrons. The summed E-state index contributed by atoms with van der Waals surface area (Å²) in [5, 5.41) is 65.1. The second-order valence-electron chi connectivity index (χ2n) is 11.9. The van der Waals surface area contributed by atoms with Gasteiger partial charge < -0.3 is 45.4 Å². The van der Waals surface area contributed by atoms with Crippen molar-refractivity contribution in [3.63, 3.8) is 0 Å². The lowest BCUT2D eigenvalue weighted by Gasteiger charge is -2.40. The van der Waals surface area contributed by atoms with Crippen LogP contribution in [0.3, 0.4) is 0 Å². The fourth-order valence-corrected chi connectivity index (χ4v) is 5.83. The lowest BCUT2D eigenvalue weighted by molar-refractivity contribution is -0.303. The van der Waals surface area contributed by atoms with Crippen molar-refractivity contribution in [1.29, 1.82) is 0 Å². The highest BCUT2D eigenvalue weighted by molar-refractivity contribution is 6.35. The first kappa shape index (κ1) is 39.1. The van der Waals surface area contributed by atoms with Gasteiger partial charge in [0, 0.05) is 10.0 Å². The van der Waals surface area contributed by atoms with Gasteiger partial charge in [0.05, 0.1) is 31.8 Å². The van der Waals surface area contributed by atoms with Gasteiger partial charge in [-0.3, -0.25) is 4.79 Å². The Morgan fingerprint density at radius 2 is 1.50 bits per heavy atom. The number of ether oxygens (including phenoxy) is 2. The molecule has 8 atom stereocenters. The third-order valence-electron chi connectivity index (χ3n) is 8.16. The Labute approximate surface area is 271 Å². The number of nitrogens with one attached hydrogen (secondary N) is 1. The van der Waals surface area contributed by atoms with Gasteiger partial charge in [-0.1, -0.05) is 113 Å². The van der Waals surface area contributed by atoms with Crippen LogP contribution in [0.4, 0.5) is 0 Å². The van der Waals surface area contributed by atoms with E-state index in [0.717, 1.165) is 19.3 Å². The molecule has 0 spiro atoms. The predicted octanol–water partition coefficient (Wildman–Crippen LogP) is 3.65. The first-order valence-electron chi connectivity index (χ1n) is 16.1. The molecule has 10 nitrogen and oxygen atoms in total. The third kappa shape index (κ3) is 13.7. The smallest absolute Gasteiger partial charge is 0.224 e. The summed E-state index contributed by atoms with van der Waals surface area (Å²) in [7, 11) is 0. The molecule has 1 aromatic carbocycles. The van der Waals surface area contributed by atoms with Crippen molar-refractivity contribution < 1.29 is 44.9 Å². The number of carbonyl (C=O) groups is 1. The summed E-state index contributed by atoms with van der Waals surface area (Å²) in [6.07, 6.45) is 4.11. The van der Waals surface area contributed by atoms with Crippen molar-refractivity contribution >= 4 is 29.1 Å². The van der Waals surface area contributed by atoms with Crippen LogP contribution in [0.15, 0.2) is 18.2 Å². The van der Waals surface area contributed by atoms with Gasteiger partial charge in [0.15, 0.2) is 6.29 Å².